The Labute approximate surface area is 133 Å². The Bertz CT molecular complexity index is 603. The van der Waals surface area contributed by atoms with Gasteiger partial charge in [-0.2, -0.15) is 0 Å². The lowest BCUT2D eigenvalue weighted by Gasteiger charge is -2.34. The maximum atomic E-state index is 12.2. The van der Waals surface area contributed by atoms with Crippen molar-refractivity contribution in [1.29, 1.82) is 0 Å². The fourth-order valence-corrected chi connectivity index (χ4v) is 3.18. The number of carbonyl (C=O) groups is 1. The number of aryl methyl sites for hydroxylation is 1. The molecule has 0 bridgehead atoms. The Morgan fingerprint density at radius 2 is 2.14 bits per heavy atom. The van der Waals surface area contributed by atoms with Crippen molar-refractivity contribution in [2.45, 2.75) is 19.8 Å². The van der Waals surface area contributed by atoms with Gasteiger partial charge in [0, 0.05) is 39.0 Å². The third kappa shape index (κ3) is 3.53. The molecule has 1 aliphatic heterocycles. The van der Waals surface area contributed by atoms with Gasteiger partial charge in [0.05, 0.1) is 4.88 Å². The number of amides is 1. The van der Waals surface area contributed by atoms with Gasteiger partial charge in [0.25, 0.3) is 5.89 Å². The van der Waals surface area contributed by atoms with Gasteiger partial charge in [-0.15, -0.1) is 21.5 Å². The van der Waals surface area contributed by atoms with Crippen LogP contribution in [0.2, 0.25) is 0 Å². The molecule has 0 N–H and O–H groups in total. The Morgan fingerprint density at radius 3 is 2.82 bits per heavy atom. The fraction of sp³-hybridized carbons (Fsp3) is 0.533. The van der Waals surface area contributed by atoms with Crippen LogP contribution in [0.3, 0.4) is 0 Å². The zero-order chi connectivity index (χ0) is 15.4. The highest BCUT2D eigenvalue weighted by Gasteiger charge is 2.20. The van der Waals surface area contributed by atoms with Crippen molar-refractivity contribution in [3.8, 4) is 10.8 Å². The second-order valence-corrected chi connectivity index (χ2v) is 6.24. The van der Waals surface area contributed by atoms with Crippen LogP contribution >= 0.6 is 11.3 Å². The smallest absolute Gasteiger partial charge is 0.257 e. The van der Waals surface area contributed by atoms with Gasteiger partial charge < -0.3 is 14.2 Å². The summed E-state index contributed by atoms with van der Waals surface area (Å²) in [4.78, 5) is 17.5. The van der Waals surface area contributed by atoms with Crippen molar-refractivity contribution >= 4 is 17.2 Å². The minimum atomic E-state index is 0.173. The number of piperazine rings is 1. The van der Waals surface area contributed by atoms with E-state index < -0.39 is 0 Å². The summed E-state index contributed by atoms with van der Waals surface area (Å²) in [7, 11) is 0. The van der Waals surface area contributed by atoms with Gasteiger partial charge in [-0.1, -0.05) is 13.0 Å². The maximum absolute atomic E-state index is 12.2. The summed E-state index contributed by atoms with van der Waals surface area (Å²) >= 11 is 1.56. The Morgan fingerprint density at radius 1 is 1.32 bits per heavy atom. The number of thiophene rings is 1. The Hall–Kier alpha value is -1.73. The highest BCUT2D eigenvalue weighted by atomic mass is 32.1. The normalized spacial score (nSPS) is 16.1. The molecule has 0 unspecified atom stereocenters. The lowest BCUT2D eigenvalue weighted by Crippen LogP contribution is -2.48. The summed E-state index contributed by atoms with van der Waals surface area (Å²) < 4.78 is 5.61. The average molecular weight is 320 g/mol. The van der Waals surface area contributed by atoms with Crippen LogP contribution in [0.25, 0.3) is 10.8 Å². The standard InChI is InChI=1S/C15H20N4O2S/c1-2-18-7-9-19(10-8-18)14(20)6-5-13-16-17-15(21-13)12-4-3-11-22-12/h3-4,11H,2,5-10H2,1H3. The molecule has 1 fully saturated rings. The first kappa shape index (κ1) is 15.2. The predicted octanol–water partition coefficient (Wildman–Crippen LogP) is 1.89. The van der Waals surface area contributed by atoms with Crippen LogP contribution in [0.15, 0.2) is 21.9 Å². The molecule has 118 valence electrons. The topological polar surface area (TPSA) is 62.5 Å². The second kappa shape index (κ2) is 7.02. The van der Waals surface area contributed by atoms with E-state index in [-0.39, 0.29) is 5.91 Å². The molecule has 1 aliphatic rings. The van der Waals surface area contributed by atoms with Crippen LogP contribution in [-0.4, -0.2) is 58.6 Å². The van der Waals surface area contributed by atoms with Gasteiger partial charge in [0.2, 0.25) is 11.8 Å². The van der Waals surface area contributed by atoms with Crippen LogP contribution in [0.4, 0.5) is 0 Å². The maximum Gasteiger partial charge on any atom is 0.257 e. The summed E-state index contributed by atoms with van der Waals surface area (Å²) in [5.41, 5.74) is 0. The van der Waals surface area contributed by atoms with E-state index in [0.717, 1.165) is 37.6 Å². The van der Waals surface area contributed by atoms with E-state index in [1.165, 1.54) is 0 Å². The number of aromatic nitrogens is 2. The molecule has 0 atom stereocenters. The average Bonchev–Trinajstić information content (AvgIpc) is 3.23. The molecule has 6 nitrogen and oxygen atoms in total. The summed E-state index contributed by atoms with van der Waals surface area (Å²) in [5.74, 6) is 1.24. The van der Waals surface area contributed by atoms with E-state index in [1.807, 2.05) is 22.4 Å². The second-order valence-electron chi connectivity index (χ2n) is 5.29. The molecule has 22 heavy (non-hydrogen) atoms. The van der Waals surface area contributed by atoms with E-state index in [0.29, 0.717) is 24.6 Å². The van der Waals surface area contributed by atoms with E-state index in [9.17, 15) is 4.79 Å². The molecule has 2 aromatic rings. The molecule has 0 aliphatic carbocycles. The highest BCUT2D eigenvalue weighted by molar-refractivity contribution is 7.13. The number of rotatable bonds is 5. The summed E-state index contributed by atoms with van der Waals surface area (Å²) in [6, 6.07) is 3.89. The minimum absolute atomic E-state index is 0.173. The molecule has 0 radical (unpaired) electrons. The molecule has 0 spiro atoms. The molecule has 1 saturated heterocycles. The summed E-state index contributed by atoms with van der Waals surface area (Å²) in [6.45, 7) is 6.76. The number of nitrogens with zero attached hydrogens (tertiary/aromatic N) is 4. The van der Waals surface area contributed by atoms with Gasteiger partial charge in [-0.25, -0.2) is 0 Å². The van der Waals surface area contributed by atoms with Crippen molar-refractivity contribution in [2.24, 2.45) is 0 Å². The summed E-state index contributed by atoms with van der Waals surface area (Å²) in [6.07, 6.45) is 0.934. The number of likely N-dealkylation sites (N-methyl/N-ethyl adjacent to an activating group) is 1. The van der Waals surface area contributed by atoms with E-state index in [2.05, 4.69) is 22.0 Å². The van der Waals surface area contributed by atoms with Crippen LogP contribution in [-0.2, 0) is 11.2 Å². The molecule has 3 heterocycles. The lowest BCUT2D eigenvalue weighted by molar-refractivity contribution is -0.132. The monoisotopic (exact) mass is 320 g/mol. The van der Waals surface area contributed by atoms with Gasteiger partial charge in [-0.3, -0.25) is 4.79 Å². The van der Waals surface area contributed by atoms with Crippen molar-refractivity contribution in [3.05, 3.63) is 23.4 Å². The molecular weight excluding hydrogens is 300 g/mol. The zero-order valence-electron chi connectivity index (χ0n) is 12.7. The first-order valence-corrected chi connectivity index (χ1v) is 8.50. The molecule has 0 aromatic carbocycles. The van der Waals surface area contributed by atoms with Crippen molar-refractivity contribution < 1.29 is 9.21 Å². The molecule has 3 rings (SSSR count). The SMILES string of the molecule is CCN1CCN(C(=O)CCc2nnc(-c3cccs3)o2)CC1. The van der Waals surface area contributed by atoms with Gasteiger partial charge in [0.1, 0.15) is 0 Å². The summed E-state index contributed by atoms with van der Waals surface area (Å²) in [5, 5.41) is 10.0. The van der Waals surface area contributed by atoms with Crippen LogP contribution in [0.1, 0.15) is 19.2 Å². The largest absolute Gasteiger partial charge is 0.420 e. The molecular formula is C15H20N4O2S. The van der Waals surface area contributed by atoms with Gasteiger partial charge in [0.15, 0.2) is 0 Å². The van der Waals surface area contributed by atoms with Crippen LogP contribution in [0, 0.1) is 0 Å². The third-order valence-corrected chi connectivity index (χ3v) is 4.78. The first-order valence-electron chi connectivity index (χ1n) is 7.62. The van der Waals surface area contributed by atoms with Crippen molar-refractivity contribution in [2.75, 3.05) is 32.7 Å². The van der Waals surface area contributed by atoms with Crippen molar-refractivity contribution in [3.63, 3.8) is 0 Å². The molecule has 1 amide bonds. The van der Waals surface area contributed by atoms with Gasteiger partial charge in [-0.05, 0) is 18.0 Å². The first-order chi connectivity index (χ1) is 10.8. The predicted molar refractivity (Wildman–Crippen MR) is 84.6 cm³/mol. The minimum Gasteiger partial charge on any atom is -0.420 e. The zero-order valence-corrected chi connectivity index (χ0v) is 13.5. The van der Waals surface area contributed by atoms with Gasteiger partial charge >= 0.3 is 0 Å². The Balaban J connectivity index is 1.49. The number of hydrogen-bond donors (Lipinski definition) is 0. The molecule has 2 aromatic heterocycles. The van der Waals surface area contributed by atoms with E-state index in [4.69, 9.17) is 4.42 Å². The molecule has 7 heteroatoms. The van der Waals surface area contributed by atoms with E-state index in [1.54, 1.807) is 11.3 Å². The number of hydrogen-bond acceptors (Lipinski definition) is 6. The van der Waals surface area contributed by atoms with Crippen LogP contribution < -0.4 is 0 Å². The lowest BCUT2D eigenvalue weighted by atomic mass is 10.2. The number of carbonyl (C=O) groups excluding carboxylic acids is 1. The fourth-order valence-electron chi connectivity index (χ4n) is 2.54. The van der Waals surface area contributed by atoms with E-state index >= 15 is 0 Å². The molecule has 0 saturated carbocycles. The van der Waals surface area contributed by atoms with Crippen molar-refractivity contribution in [1.82, 2.24) is 20.0 Å². The van der Waals surface area contributed by atoms with Crippen LogP contribution in [0.5, 0.6) is 0 Å². The quantitative estimate of drug-likeness (QED) is 0.842. The highest BCUT2D eigenvalue weighted by Crippen LogP contribution is 2.23. The third-order valence-electron chi connectivity index (χ3n) is 3.92. The Kier molecular flexibility index (Phi) is 4.84.